The molecule has 0 aliphatic carbocycles. The van der Waals surface area contributed by atoms with Crippen molar-refractivity contribution >= 4 is 33.6 Å². The highest BCUT2D eigenvalue weighted by Crippen LogP contribution is 2.51. The second kappa shape index (κ2) is 4.35. The molecule has 0 saturated carbocycles. The van der Waals surface area contributed by atoms with Crippen LogP contribution in [0, 0.1) is 0 Å². The molecule has 3 heterocycles. The lowest BCUT2D eigenvalue weighted by Gasteiger charge is -2.33. The number of halogens is 2. The molecule has 2 aliphatic heterocycles. The van der Waals surface area contributed by atoms with Gasteiger partial charge in [0.05, 0.1) is 6.20 Å². The first-order valence-electron chi connectivity index (χ1n) is 6.20. The summed E-state index contributed by atoms with van der Waals surface area (Å²) < 4.78 is 12.3. The lowest BCUT2D eigenvalue weighted by atomic mass is 9.82. The minimum absolute atomic E-state index is 0.154. The van der Waals surface area contributed by atoms with Gasteiger partial charge in [-0.1, -0.05) is 27.5 Å². The van der Waals surface area contributed by atoms with Crippen molar-refractivity contribution in [2.24, 2.45) is 10.7 Å². The SMILES string of the molecule is NC1=NC2(CO1)c1cc(Br)ccc1Oc1cnc(Cl)cc12. The van der Waals surface area contributed by atoms with Crippen LogP contribution in [0.15, 0.2) is 39.9 Å². The predicted molar refractivity (Wildman–Crippen MR) is 81.8 cm³/mol. The zero-order valence-corrected chi connectivity index (χ0v) is 13.0. The molecule has 1 unspecified atom stereocenters. The minimum Gasteiger partial charge on any atom is -0.462 e. The number of ether oxygens (including phenoxy) is 2. The Hall–Kier alpha value is -1.79. The summed E-state index contributed by atoms with van der Waals surface area (Å²) in [5.41, 5.74) is 6.69. The highest BCUT2D eigenvalue weighted by atomic mass is 79.9. The van der Waals surface area contributed by atoms with Crippen molar-refractivity contribution in [3.8, 4) is 11.5 Å². The molecule has 7 heteroatoms. The Morgan fingerprint density at radius 2 is 2.05 bits per heavy atom. The number of nitrogens with zero attached hydrogens (tertiary/aromatic N) is 2. The highest BCUT2D eigenvalue weighted by Gasteiger charge is 2.47. The predicted octanol–water partition coefficient (Wildman–Crippen LogP) is 3.19. The van der Waals surface area contributed by atoms with Gasteiger partial charge in [0.2, 0.25) is 0 Å². The molecule has 1 atom stereocenters. The van der Waals surface area contributed by atoms with E-state index in [9.17, 15) is 0 Å². The Labute approximate surface area is 133 Å². The number of hydrogen-bond acceptors (Lipinski definition) is 5. The van der Waals surface area contributed by atoms with Crippen molar-refractivity contribution in [1.29, 1.82) is 0 Å². The van der Waals surface area contributed by atoms with Crippen LogP contribution in [0.25, 0.3) is 0 Å². The van der Waals surface area contributed by atoms with Crippen LogP contribution in [-0.4, -0.2) is 17.6 Å². The Morgan fingerprint density at radius 3 is 2.81 bits per heavy atom. The maximum atomic E-state index is 6.04. The number of benzene rings is 1. The normalized spacial score (nSPS) is 22.1. The van der Waals surface area contributed by atoms with Crippen LogP contribution in [0.2, 0.25) is 5.15 Å². The molecule has 1 aromatic heterocycles. The topological polar surface area (TPSA) is 69.7 Å². The van der Waals surface area contributed by atoms with Gasteiger partial charge in [-0.3, -0.25) is 0 Å². The lowest BCUT2D eigenvalue weighted by Crippen LogP contribution is -2.31. The van der Waals surface area contributed by atoms with E-state index in [1.54, 1.807) is 12.3 Å². The van der Waals surface area contributed by atoms with Crippen LogP contribution >= 0.6 is 27.5 Å². The second-order valence-corrected chi connectivity index (χ2v) is 6.15. The lowest BCUT2D eigenvalue weighted by molar-refractivity contribution is 0.264. The fourth-order valence-electron chi connectivity index (χ4n) is 2.71. The Morgan fingerprint density at radius 1 is 1.24 bits per heavy atom. The summed E-state index contributed by atoms with van der Waals surface area (Å²) in [5.74, 6) is 1.31. The molecular weight excluding hydrogens is 358 g/mol. The first kappa shape index (κ1) is 12.9. The van der Waals surface area contributed by atoms with Crippen LogP contribution in [0.4, 0.5) is 0 Å². The average molecular weight is 367 g/mol. The maximum Gasteiger partial charge on any atom is 0.283 e. The van der Waals surface area contributed by atoms with Crippen molar-refractivity contribution in [1.82, 2.24) is 4.98 Å². The number of rotatable bonds is 0. The van der Waals surface area contributed by atoms with E-state index in [4.69, 9.17) is 26.8 Å². The van der Waals surface area contributed by atoms with Crippen LogP contribution in [-0.2, 0) is 10.3 Å². The maximum absolute atomic E-state index is 6.04. The van der Waals surface area contributed by atoms with Gasteiger partial charge in [0.15, 0.2) is 11.3 Å². The summed E-state index contributed by atoms with van der Waals surface area (Å²) in [6, 6.07) is 7.64. The van der Waals surface area contributed by atoms with E-state index >= 15 is 0 Å². The minimum atomic E-state index is -0.747. The molecule has 1 aromatic carbocycles. The van der Waals surface area contributed by atoms with Gasteiger partial charge in [-0.05, 0) is 24.3 Å². The molecule has 106 valence electrons. The van der Waals surface area contributed by atoms with Gasteiger partial charge in [0, 0.05) is 15.6 Å². The fraction of sp³-hybridized carbons (Fsp3) is 0.143. The van der Waals surface area contributed by atoms with Crippen molar-refractivity contribution in [2.75, 3.05) is 6.61 Å². The summed E-state index contributed by atoms with van der Waals surface area (Å²) in [6.07, 6.45) is 1.59. The van der Waals surface area contributed by atoms with Crippen molar-refractivity contribution in [3.63, 3.8) is 0 Å². The number of aromatic nitrogens is 1. The van der Waals surface area contributed by atoms with E-state index in [1.807, 2.05) is 18.2 Å². The second-order valence-electron chi connectivity index (χ2n) is 4.84. The quantitative estimate of drug-likeness (QED) is 0.727. The summed E-state index contributed by atoms with van der Waals surface area (Å²) in [5, 5.41) is 0.371. The van der Waals surface area contributed by atoms with Gasteiger partial charge in [-0.15, -0.1) is 0 Å². The molecule has 2 N–H and O–H groups in total. The smallest absolute Gasteiger partial charge is 0.283 e. The number of aliphatic imine (C=N–C) groups is 1. The third-order valence-electron chi connectivity index (χ3n) is 3.62. The summed E-state index contributed by atoms with van der Waals surface area (Å²) in [4.78, 5) is 8.60. The Balaban J connectivity index is 2.05. The van der Waals surface area contributed by atoms with Crippen molar-refractivity contribution in [2.45, 2.75) is 5.54 Å². The molecule has 1 spiro atoms. The van der Waals surface area contributed by atoms with Crippen LogP contribution in [0.1, 0.15) is 11.1 Å². The molecular formula is C14H9BrClN3O2. The van der Waals surface area contributed by atoms with Gasteiger partial charge in [0.1, 0.15) is 17.5 Å². The standard InChI is InChI=1S/C14H9BrClN3O2/c15-7-1-2-10-8(3-7)14(6-20-13(17)19-14)9-4-12(16)18-5-11(9)21-10/h1-5H,6H2,(H2,17,19). The molecule has 0 amide bonds. The van der Waals surface area contributed by atoms with E-state index in [2.05, 4.69) is 25.9 Å². The molecule has 0 saturated heterocycles. The first-order chi connectivity index (χ1) is 10.1. The molecule has 5 nitrogen and oxygen atoms in total. The fourth-order valence-corrected chi connectivity index (χ4v) is 3.23. The van der Waals surface area contributed by atoms with Gasteiger partial charge in [-0.25, -0.2) is 9.98 Å². The molecule has 0 radical (unpaired) electrons. The first-order valence-corrected chi connectivity index (χ1v) is 7.38. The number of hydrogen-bond donors (Lipinski definition) is 1. The van der Waals surface area contributed by atoms with E-state index in [0.717, 1.165) is 15.6 Å². The Kier molecular flexibility index (Phi) is 2.68. The zero-order valence-electron chi connectivity index (χ0n) is 10.6. The summed E-state index contributed by atoms with van der Waals surface area (Å²) in [7, 11) is 0. The Bertz CT molecular complexity index is 742. The molecule has 0 bridgehead atoms. The van der Waals surface area contributed by atoms with Crippen LogP contribution in [0.3, 0.4) is 0 Å². The largest absolute Gasteiger partial charge is 0.462 e. The third-order valence-corrected chi connectivity index (χ3v) is 4.32. The van der Waals surface area contributed by atoms with Gasteiger partial charge < -0.3 is 15.2 Å². The van der Waals surface area contributed by atoms with E-state index < -0.39 is 5.54 Å². The number of fused-ring (bicyclic) bond motifs is 4. The molecule has 21 heavy (non-hydrogen) atoms. The van der Waals surface area contributed by atoms with Crippen molar-refractivity contribution in [3.05, 3.63) is 51.2 Å². The number of pyridine rings is 1. The number of nitrogens with two attached hydrogens (primary N) is 1. The van der Waals surface area contributed by atoms with Crippen molar-refractivity contribution < 1.29 is 9.47 Å². The monoisotopic (exact) mass is 365 g/mol. The molecule has 2 aliphatic rings. The van der Waals surface area contributed by atoms with Gasteiger partial charge in [-0.2, -0.15) is 0 Å². The van der Waals surface area contributed by atoms with Gasteiger partial charge in [0.25, 0.3) is 6.02 Å². The third kappa shape index (κ3) is 1.82. The molecule has 2 aromatic rings. The highest BCUT2D eigenvalue weighted by molar-refractivity contribution is 9.10. The van der Waals surface area contributed by atoms with Crippen LogP contribution < -0.4 is 10.5 Å². The van der Waals surface area contributed by atoms with Crippen LogP contribution in [0.5, 0.6) is 11.5 Å². The van der Waals surface area contributed by atoms with E-state index in [0.29, 0.717) is 23.3 Å². The zero-order chi connectivity index (χ0) is 14.6. The summed E-state index contributed by atoms with van der Waals surface area (Å²) in [6.45, 7) is 0.305. The van der Waals surface area contributed by atoms with E-state index in [-0.39, 0.29) is 6.02 Å². The van der Waals surface area contributed by atoms with E-state index in [1.165, 1.54) is 0 Å². The summed E-state index contributed by atoms with van der Waals surface area (Å²) >= 11 is 9.51. The average Bonchev–Trinajstić information content (AvgIpc) is 2.84. The number of amidine groups is 1. The molecule has 4 rings (SSSR count). The van der Waals surface area contributed by atoms with Gasteiger partial charge >= 0.3 is 0 Å². The molecule has 0 fully saturated rings.